The normalized spacial score (nSPS) is 16.2. The van der Waals surface area contributed by atoms with Gasteiger partial charge in [0.05, 0.1) is 22.8 Å². The molecular weight excluding hydrogens is 421 g/mol. The standard InChI is InChI=1S/C23H23F3N4O2/c1-11(13-7-6-8-14(19(13)24)20(25)26)27-21-15-9-17-18(10-16(15)28-12(2)29-21)32-23(3,4)22(31)30(17)5/h6-11,20H,1-5H3,(H,27,28,29). The summed E-state index contributed by atoms with van der Waals surface area (Å²) in [5.74, 6) is 0.225. The van der Waals surface area contributed by atoms with Gasteiger partial charge in [0.2, 0.25) is 0 Å². The SMILES string of the molecule is Cc1nc(NC(C)c2cccc(C(F)F)c2F)c2cc3c(cc2n1)OC(C)(C)C(=O)N3C. The first-order valence-corrected chi connectivity index (χ1v) is 10.1. The highest BCUT2D eigenvalue weighted by Crippen LogP contribution is 2.41. The van der Waals surface area contributed by atoms with E-state index < -0.39 is 29.4 Å². The maximum Gasteiger partial charge on any atom is 0.270 e. The fourth-order valence-electron chi connectivity index (χ4n) is 3.90. The van der Waals surface area contributed by atoms with Gasteiger partial charge in [0.15, 0.2) is 5.60 Å². The number of halogens is 3. The monoisotopic (exact) mass is 444 g/mol. The number of carbonyl (C=O) groups excluding carboxylic acids is 1. The fraction of sp³-hybridized carbons (Fsp3) is 0.348. The number of carbonyl (C=O) groups is 1. The van der Waals surface area contributed by atoms with Gasteiger partial charge < -0.3 is 15.0 Å². The minimum Gasteiger partial charge on any atom is -0.476 e. The number of benzene rings is 2. The third kappa shape index (κ3) is 3.61. The molecule has 1 amide bonds. The summed E-state index contributed by atoms with van der Waals surface area (Å²) in [6.45, 7) is 6.77. The van der Waals surface area contributed by atoms with Crippen LogP contribution < -0.4 is 15.0 Å². The summed E-state index contributed by atoms with van der Waals surface area (Å²) in [6.07, 6.45) is -2.91. The van der Waals surface area contributed by atoms with Crippen LogP contribution in [0.2, 0.25) is 0 Å². The van der Waals surface area contributed by atoms with Crippen molar-refractivity contribution in [3.05, 3.63) is 53.1 Å². The second-order valence-corrected chi connectivity index (χ2v) is 8.35. The van der Waals surface area contributed by atoms with Crippen LogP contribution in [0, 0.1) is 12.7 Å². The summed E-state index contributed by atoms with van der Waals surface area (Å²) in [6, 6.07) is 6.74. The number of nitrogens with one attached hydrogen (secondary N) is 1. The first kappa shape index (κ1) is 21.9. The Morgan fingerprint density at radius 3 is 2.53 bits per heavy atom. The lowest BCUT2D eigenvalue weighted by molar-refractivity contribution is -0.132. The Morgan fingerprint density at radius 2 is 1.84 bits per heavy atom. The van der Waals surface area contributed by atoms with Gasteiger partial charge in [-0.2, -0.15) is 0 Å². The maximum absolute atomic E-state index is 14.6. The van der Waals surface area contributed by atoms with Crippen molar-refractivity contribution in [2.45, 2.75) is 45.8 Å². The number of aromatic nitrogens is 2. The molecule has 2 aromatic carbocycles. The Balaban J connectivity index is 1.79. The number of anilines is 2. The molecule has 1 unspecified atom stereocenters. The number of amides is 1. The zero-order valence-electron chi connectivity index (χ0n) is 18.3. The number of nitrogens with zero attached hydrogens (tertiary/aromatic N) is 3. The average molecular weight is 444 g/mol. The average Bonchev–Trinajstić information content (AvgIpc) is 2.70. The van der Waals surface area contributed by atoms with E-state index in [1.54, 1.807) is 46.9 Å². The summed E-state index contributed by atoms with van der Waals surface area (Å²) >= 11 is 0. The van der Waals surface area contributed by atoms with Crippen molar-refractivity contribution in [2.75, 3.05) is 17.3 Å². The molecule has 1 aliphatic heterocycles. The lowest BCUT2D eigenvalue weighted by atomic mass is 10.0. The number of aryl methyl sites for hydroxylation is 1. The molecule has 0 fully saturated rings. The number of ether oxygens (including phenoxy) is 1. The molecule has 1 aromatic heterocycles. The minimum absolute atomic E-state index is 0.0996. The van der Waals surface area contributed by atoms with Crippen molar-refractivity contribution in [2.24, 2.45) is 0 Å². The molecule has 1 N–H and O–H groups in total. The molecule has 3 aromatic rings. The summed E-state index contributed by atoms with van der Waals surface area (Å²) in [5, 5.41) is 3.71. The Kier molecular flexibility index (Phi) is 5.22. The van der Waals surface area contributed by atoms with Gasteiger partial charge >= 0.3 is 0 Å². The van der Waals surface area contributed by atoms with Crippen LogP contribution in [0.3, 0.4) is 0 Å². The zero-order chi connectivity index (χ0) is 23.4. The van der Waals surface area contributed by atoms with Gasteiger partial charge in [0.25, 0.3) is 12.3 Å². The highest BCUT2D eigenvalue weighted by Gasteiger charge is 2.39. The Morgan fingerprint density at radius 1 is 1.16 bits per heavy atom. The molecule has 168 valence electrons. The molecule has 9 heteroatoms. The van der Waals surface area contributed by atoms with Crippen molar-refractivity contribution < 1.29 is 22.7 Å². The second kappa shape index (κ2) is 7.65. The van der Waals surface area contributed by atoms with Crippen LogP contribution in [-0.4, -0.2) is 28.5 Å². The molecule has 32 heavy (non-hydrogen) atoms. The highest BCUT2D eigenvalue weighted by molar-refractivity contribution is 6.05. The molecule has 0 spiro atoms. The minimum atomic E-state index is -2.91. The third-order valence-corrected chi connectivity index (χ3v) is 5.55. The van der Waals surface area contributed by atoms with E-state index in [4.69, 9.17) is 4.74 Å². The van der Waals surface area contributed by atoms with Crippen molar-refractivity contribution in [3.8, 4) is 5.75 Å². The van der Waals surface area contributed by atoms with Crippen LogP contribution >= 0.6 is 0 Å². The van der Waals surface area contributed by atoms with Crippen molar-refractivity contribution in [3.63, 3.8) is 0 Å². The van der Waals surface area contributed by atoms with Crippen LogP contribution in [0.4, 0.5) is 24.7 Å². The molecule has 0 radical (unpaired) electrons. The van der Waals surface area contributed by atoms with Gasteiger partial charge in [-0.3, -0.25) is 4.79 Å². The number of alkyl halides is 2. The van der Waals surface area contributed by atoms with E-state index in [9.17, 15) is 18.0 Å². The molecule has 4 rings (SSSR count). The molecule has 0 saturated carbocycles. The number of hydrogen-bond acceptors (Lipinski definition) is 5. The second-order valence-electron chi connectivity index (χ2n) is 8.35. The largest absolute Gasteiger partial charge is 0.476 e. The van der Waals surface area contributed by atoms with E-state index in [0.29, 0.717) is 34.0 Å². The number of hydrogen-bond donors (Lipinski definition) is 1. The van der Waals surface area contributed by atoms with E-state index in [-0.39, 0.29) is 11.5 Å². The molecule has 6 nitrogen and oxygen atoms in total. The van der Waals surface area contributed by atoms with Crippen LogP contribution in [0.15, 0.2) is 30.3 Å². The predicted molar refractivity (Wildman–Crippen MR) is 116 cm³/mol. The van der Waals surface area contributed by atoms with E-state index in [2.05, 4.69) is 15.3 Å². The van der Waals surface area contributed by atoms with Gasteiger partial charge in [-0.15, -0.1) is 0 Å². The van der Waals surface area contributed by atoms with E-state index in [0.717, 1.165) is 6.07 Å². The Hall–Kier alpha value is -3.36. The lowest BCUT2D eigenvalue weighted by Gasteiger charge is -2.37. The van der Waals surface area contributed by atoms with Gasteiger partial charge in [-0.25, -0.2) is 23.1 Å². The van der Waals surface area contributed by atoms with Gasteiger partial charge in [-0.05, 0) is 33.8 Å². The predicted octanol–water partition coefficient (Wildman–Crippen LogP) is 5.32. The lowest BCUT2D eigenvalue weighted by Crippen LogP contribution is -2.50. The zero-order valence-corrected chi connectivity index (χ0v) is 18.3. The van der Waals surface area contributed by atoms with Gasteiger partial charge in [0.1, 0.15) is 23.2 Å². The molecule has 0 aliphatic carbocycles. The van der Waals surface area contributed by atoms with Gasteiger partial charge in [0, 0.05) is 24.1 Å². The number of rotatable bonds is 4. The summed E-state index contributed by atoms with van der Waals surface area (Å²) in [4.78, 5) is 23.0. The third-order valence-electron chi connectivity index (χ3n) is 5.55. The molecule has 0 saturated heterocycles. The topological polar surface area (TPSA) is 67.4 Å². The van der Waals surface area contributed by atoms with Gasteiger partial charge in [-0.1, -0.05) is 18.2 Å². The maximum atomic E-state index is 14.6. The molecule has 0 bridgehead atoms. The quantitative estimate of drug-likeness (QED) is 0.590. The van der Waals surface area contributed by atoms with E-state index in [1.807, 2.05) is 0 Å². The molecule has 1 aliphatic rings. The summed E-state index contributed by atoms with van der Waals surface area (Å²) < 4.78 is 46.8. The van der Waals surface area contributed by atoms with E-state index >= 15 is 0 Å². The highest BCUT2D eigenvalue weighted by atomic mass is 19.3. The molecular formula is C23H23F3N4O2. The molecule has 1 atom stereocenters. The van der Waals surface area contributed by atoms with Crippen molar-refractivity contribution in [1.29, 1.82) is 0 Å². The number of likely N-dealkylation sites (N-methyl/N-ethyl adjacent to an activating group) is 1. The Labute approximate surface area is 183 Å². The van der Waals surface area contributed by atoms with Crippen LogP contribution in [-0.2, 0) is 4.79 Å². The van der Waals surface area contributed by atoms with Crippen LogP contribution in [0.25, 0.3) is 10.9 Å². The van der Waals surface area contributed by atoms with Crippen molar-refractivity contribution in [1.82, 2.24) is 9.97 Å². The van der Waals surface area contributed by atoms with Crippen LogP contribution in [0.5, 0.6) is 5.75 Å². The smallest absolute Gasteiger partial charge is 0.270 e. The van der Waals surface area contributed by atoms with E-state index in [1.165, 1.54) is 17.0 Å². The van der Waals surface area contributed by atoms with Crippen molar-refractivity contribution >= 4 is 28.3 Å². The summed E-state index contributed by atoms with van der Waals surface area (Å²) in [7, 11) is 1.66. The fourth-order valence-corrected chi connectivity index (χ4v) is 3.90. The van der Waals surface area contributed by atoms with Crippen LogP contribution in [0.1, 0.15) is 50.2 Å². The molecule has 2 heterocycles. The number of fused-ring (bicyclic) bond motifs is 2. The first-order chi connectivity index (χ1) is 15.0. The Bertz CT molecular complexity index is 1230. The summed E-state index contributed by atoms with van der Waals surface area (Å²) in [5.41, 5.74) is -0.432. The first-order valence-electron chi connectivity index (χ1n) is 10.1.